The van der Waals surface area contributed by atoms with Crippen molar-refractivity contribution in [3.05, 3.63) is 27.4 Å². The number of rotatable bonds is 0. The molecule has 3 rings (SSSR count). The molecule has 0 fully saturated rings. The Labute approximate surface area is 102 Å². The number of nitrogens with zero attached hydrogens (tertiary/aromatic N) is 2. The Morgan fingerprint density at radius 2 is 1.88 bits per heavy atom. The van der Waals surface area contributed by atoms with Gasteiger partial charge in [-0.15, -0.1) is 0 Å². The van der Waals surface area contributed by atoms with E-state index in [0.29, 0.717) is 6.04 Å². The van der Waals surface area contributed by atoms with Crippen LogP contribution in [-0.2, 0) is 19.3 Å². The zero-order chi connectivity index (χ0) is 11.8. The minimum atomic E-state index is 0.263. The van der Waals surface area contributed by atoms with Crippen molar-refractivity contribution < 1.29 is 0 Å². The molecule has 1 aromatic heterocycles. The van der Waals surface area contributed by atoms with Crippen molar-refractivity contribution in [3.63, 3.8) is 0 Å². The smallest absolute Gasteiger partial charge is 0.257 e. The topological polar surface area (TPSA) is 34.9 Å². The molecule has 0 saturated heterocycles. The Balaban J connectivity index is 2.19. The molecule has 1 atom stereocenters. The van der Waals surface area contributed by atoms with Gasteiger partial charge in [-0.1, -0.05) is 6.42 Å². The maximum Gasteiger partial charge on any atom is 0.257 e. The Morgan fingerprint density at radius 1 is 1.12 bits per heavy atom. The van der Waals surface area contributed by atoms with Crippen LogP contribution >= 0.6 is 0 Å². The lowest BCUT2D eigenvalue weighted by Crippen LogP contribution is -2.32. The number of aryl methyl sites for hydroxylation is 2. The molecule has 1 aliphatic heterocycles. The molecule has 2 aliphatic rings. The predicted octanol–water partition coefficient (Wildman–Crippen LogP) is 2.41. The Morgan fingerprint density at radius 3 is 2.76 bits per heavy atom. The van der Waals surface area contributed by atoms with E-state index in [1.165, 1.54) is 19.3 Å². The average Bonchev–Trinajstić information content (AvgIpc) is 2.52. The second-order valence-electron chi connectivity index (χ2n) is 5.43. The third-order valence-corrected chi connectivity index (χ3v) is 4.17. The summed E-state index contributed by atoms with van der Waals surface area (Å²) in [6.07, 6.45) is 8.78. The zero-order valence-electron chi connectivity index (χ0n) is 10.5. The minimum Gasteiger partial charge on any atom is -0.294 e. The van der Waals surface area contributed by atoms with E-state index in [1.807, 2.05) is 4.57 Å². The van der Waals surface area contributed by atoms with E-state index < -0.39 is 0 Å². The average molecular weight is 232 g/mol. The highest BCUT2D eigenvalue weighted by Crippen LogP contribution is 2.23. The second kappa shape index (κ2) is 4.28. The molecule has 0 aromatic carbocycles. The van der Waals surface area contributed by atoms with Crippen LogP contribution in [0.2, 0.25) is 0 Å². The van der Waals surface area contributed by atoms with E-state index in [-0.39, 0.29) is 5.56 Å². The Hall–Kier alpha value is -1.12. The number of aromatic nitrogens is 2. The monoisotopic (exact) mass is 232 g/mol. The number of hydrogen-bond acceptors (Lipinski definition) is 2. The van der Waals surface area contributed by atoms with Crippen molar-refractivity contribution in [2.75, 3.05) is 0 Å². The Kier molecular flexibility index (Phi) is 2.77. The van der Waals surface area contributed by atoms with Crippen LogP contribution in [0.5, 0.6) is 0 Å². The molecule has 0 bridgehead atoms. The van der Waals surface area contributed by atoms with Crippen molar-refractivity contribution in [3.8, 4) is 0 Å². The van der Waals surface area contributed by atoms with Crippen molar-refractivity contribution >= 4 is 0 Å². The maximum atomic E-state index is 12.5. The van der Waals surface area contributed by atoms with Crippen LogP contribution in [-0.4, -0.2) is 9.55 Å². The van der Waals surface area contributed by atoms with Crippen molar-refractivity contribution in [2.24, 2.45) is 0 Å². The van der Waals surface area contributed by atoms with Crippen molar-refractivity contribution in [1.29, 1.82) is 0 Å². The first-order chi connectivity index (χ1) is 8.27. The standard InChI is InChI=1S/C14H20N2O/c1-10-6-2-5-9-13-15-12-8-4-3-7-11(12)14(17)16(10)13/h10H,2-9H2,1H3. The van der Waals surface area contributed by atoms with Gasteiger partial charge in [0.15, 0.2) is 0 Å². The van der Waals surface area contributed by atoms with Crippen LogP contribution in [0.3, 0.4) is 0 Å². The summed E-state index contributed by atoms with van der Waals surface area (Å²) in [6, 6.07) is 0.333. The van der Waals surface area contributed by atoms with Crippen LogP contribution in [0.15, 0.2) is 4.79 Å². The van der Waals surface area contributed by atoms with Crippen molar-refractivity contribution in [1.82, 2.24) is 9.55 Å². The van der Waals surface area contributed by atoms with Crippen LogP contribution < -0.4 is 5.56 Å². The van der Waals surface area contributed by atoms with Gasteiger partial charge in [0.1, 0.15) is 5.82 Å². The van der Waals surface area contributed by atoms with Gasteiger partial charge >= 0.3 is 0 Å². The molecule has 0 N–H and O–H groups in total. The van der Waals surface area contributed by atoms with Gasteiger partial charge in [-0.3, -0.25) is 9.36 Å². The van der Waals surface area contributed by atoms with Gasteiger partial charge in [0.25, 0.3) is 5.56 Å². The lowest BCUT2D eigenvalue weighted by Gasteiger charge is -2.21. The van der Waals surface area contributed by atoms with E-state index in [1.54, 1.807) is 0 Å². The third-order valence-electron chi connectivity index (χ3n) is 4.17. The summed E-state index contributed by atoms with van der Waals surface area (Å²) < 4.78 is 1.98. The van der Waals surface area contributed by atoms with E-state index in [2.05, 4.69) is 6.92 Å². The summed E-state index contributed by atoms with van der Waals surface area (Å²) in [5, 5.41) is 0. The quantitative estimate of drug-likeness (QED) is 0.688. The summed E-state index contributed by atoms with van der Waals surface area (Å²) in [6.45, 7) is 2.16. The van der Waals surface area contributed by atoms with Gasteiger partial charge in [-0.25, -0.2) is 4.98 Å². The first kappa shape index (κ1) is 11.0. The summed E-state index contributed by atoms with van der Waals surface area (Å²) in [4.78, 5) is 17.3. The van der Waals surface area contributed by atoms with Gasteiger partial charge in [0.05, 0.1) is 5.69 Å². The largest absolute Gasteiger partial charge is 0.294 e. The maximum absolute atomic E-state index is 12.5. The van der Waals surface area contributed by atoms with Gasteiger partial charge in [-0.05, 0) is 45.4 Å². The van der Waals surface area contributed by atoms with Crippen LogP contribution in [0.25, 0.3) is 0 Å². The second-order valence-corrected chi connectivity index (χ2v) is 5.43. The normalized spacial score (nSPS) is 23.7. The minimum absolute atomic E-state index is 0.263. The molecule has 3 nitrogen and oxygen atoms in total. The highest BCUT2D eigenvalue weighted by atomic mass is 16.1. The number of hydrogen-bond donors (Lipinski definition) is 0. The molecule has 0 spiro atoms. The summed E-state index contributed by atoms with van der Waals surface area (Å²) >= 11 is 0. The molecule has 0 saturated carbocycles. The SMILES string of the molecule is CC1CCCCc2nc3c(c(=O)n21)CCCC3. The summed E-state index contributed by atoms with van der Waals surface area (Å²) in [7, 11) is 0. The van der Waals surface area contributed by atoms with Gasteiger partial charge in [0.2, 0.25) is 0 Å². The first-order valence-corrected chi connectivity index (χ1v) is 6.90. The molecular weight excluding hydrogens is 212 g/mol. The highest BCUT2D eigenvalue weighted by Gasteiger charge is 2.22. The molecule has 0 amide bonds. The molecule has 1 unspecified atom stereocenters. The highest BCUT2D eigenvalue weighted by molar-refractivity contribution is 5.22. The molecule has 92 valence electrons. The van der Waals surface area contributed by atoms with Gasteiger partial charge < -0.3 is 0 Å². The van der Waals surface area contributed by atoms with E-state index in [0.717, 1.165) is 49.2 Å². The fourth-order valence-electron chi connectivity index (χ4n) is 3.20. The van der Waals surface area contributed by atoms with E-state index in [9.17, 15) is 4.79 Å². The fraction of sp³-hybridized carbons (Fsp3) is 0.714. The van der Waals surface area contributed by atoms with Crippen LogP contribution in [0.4, 0.5) is 0 Å². The Bertz CT molecular complexity index is 490. The fourth-order valence-corrected chi connectivity index (χ4v) is 3.20. The molecule has 1 aromatic rings. The number of fused-ring (bicyclic) bond motifs is 2. The molecule has 3 heteroatoms. The lowest BCUT2D eigenvalue weighted by molar-refractivity contribution is 0.473. The van der Waals surface area contributed by atoms with Gasteiger partial charge in [-0.2, -0.15) is 0 Å². The summed E-state index contributed by atoms with van der Waals surface area (Å²) in [5.41, 5.74) is 2.37. The third kappa shape index (κ3) is 1.81. The molecule has 0 radical (unpaired) electrons. The van der Waals surface area contributed by atoms with Crippen LogP contribution in [0.1, 0.15) is 62.2 Å². The van der Waals surface area contributed by atoms with Gasteiger partial charge in [0, 0.05) is 18.0 Å². The van der Waals surface area contributed by atoms with E-state index in [4.69, 9.17) is 4.98 Å². The molecule has 17 heavy (non-hydrogen) atoms. The van der Waals surface area contributed by atoms with Crippen LogP contribution in [0, 0.1) is 0 Å². The molecule has 2 heterocycles. The van der Waals surface area contributed by atoms with E-state index >= 15 is 0 Å². The first-order valence-electron chi connectivity index (χ1n) is 6.90. The zero-order valence-corrected chi connectivity index (χ0v) is 10.5. The molecular formula is C14H20N2O. The molecule has 1 aliphatic carbocycles. The van der Waals surface area contributed by atoms with Crippen molar-refractivity contribution in [2.45, 2.75) is 64.3 Å². The summed E-state index contributed by atoms with van der Waals surface area (Å²) in [5.74, 6) is 1.04. The lowest BCUT2D eigenvalue weighted by atomic mass is 9.97. The predicted molar refractivity (Wildman–Crippen MR) is 67.4 cm³/mol.